The highest BCUT2D eigenvalue weighted by Crippen LogP contribution is 2.36. The highest BCUT2D eigenvalue weighted by Gasteiger charge is 2.33. The lowest BCUT2D eigenvalue weighted by molar-refractivity contribution is 0.392. The van der Waals surface area contributed by atoms with E-state index in [0.717, 1.165) is 6.42 Å². The molecule has 0 radical (unpaired) electrons. The lowest BCUT2D eigenvalue weighted by Gasteiger charge is -2.30. The van der Waals surface area contributed by atoms with Crippen LogP contribution in [0.4, 0.5) is 0 Å². The summed E-state index contributed by atoms with van der Waals surface area (Å²) in [5, 5.41) is 0. The fourth-order valence-electron chi connectivity index (χ4n) is 2.38. The van der Waals surface area contributed by atoms with Crippen molar-refractivity contribution >= 4 is 8.32 Å². The number of allylic oxidation sites excluding steroid dienone is 3. The Labute approximate surface area is 102 Å². The zero-order valence-corrected chi connectivity index (χ0v) is 12.7. The third-order valence-electron chi connectivity index (χ3n) is 4.32. The summed E-state index contributed by atoms with van der Waals surface area (Å²) in [5.74, 6) is 1.27. The van der Waals surface area contributed by atoms with Gasteiger partial charge >= 0.3 is 0 Å². The zero-order valence-electron chi connectivity index (χ0n) is 11.7. The Morgan fingerprint density at radius 3 is 1.75 bits per heavy atom. The van der Waals surface area contributed by atoms with Gasteiger partial charge in [-0.15, -0.1) is 0 Å². The van der Waals surface area contributed by atoms with E-state index in [9.17, 15) is 0 Å². The monoisotopic (exact) mass is 238 g/mol. The van der Waals surface area contributed by atoms with E-state index in [1.165, 1.54) is 40.6 Å². The van der Waals surface area contributed by atoms with Crippen molar-refractivity contribution in [2.45, 2.75) is 66.1 Å². The molecule has 0 atom stereocenters. The second-order valence-electron chi connectivity index (χ2n) is 4.98. The van der Waals surface area contributed by atoms with Crippen molar-refractivity contribution < 1.29 is 4.43 Å². The summed E-state index contributed by atoms with van der Waals surface area (Å²) >= 11 is 0. The van der Waals surface area contributed by atoms with Gasteiger partial charge in [0.25, 0.3) is 0 Å². The van der Waals surface area contributed by atoms with Gasteiger partial charge in [0.15, 0.2) is 0 Å². The van der Waals surface area contributed by atoms with Crippen LogP contribution in [0.3, 0.4) is 0 Å². The van der Waals surface area contributed by atoms with E-state index in [-0.39, 0.29) is 0 Å². The first kappa shape index (κ1) is 13.6. The SMILES string of the molecule is CC[Si](CC)(CC)OC1=C(C)C(C)=C(C)C1. The fraction of sp³-hybridized carbons (Fsp3) is 0.714. The quantitative estimate of drug-likeness (QED) is 0.611. The van der Waals surface area contributed by atoms with Gasteiger partial charge in [-0.1, -0.05) is 26.3 Å². The van der Waals surface area contributed by atoms with E-state index in [0.29, 0.717) is 0 Å². The lowest BCUT2D eigenvalue weighted by atomic mass is 10.1. The highest BCUT2D eigenvalue weighted by molar-refractivity contribution is 6.73. The minimum absolute atomic E-state index is 1.05. The molecule has 0 N–H and O–H groups in total. The van der Waals surface area contributed by atoms with Crippen LogP contribution in [-0.2, 0) is 4.43 Å². The smallest absolute Gasteiger partial charge is 0.250 e. The van der Waals surface area contributed by atoms with Gasteiger partial charge in [-0.05, 0) is 50.0 Å². The van der Waals surface area contributed by atoms with Gasteiger partial charge < -0.3 is 4.43 Å². The van der Waals surface area contributed by atoms with Crippen molar-refractivity contribution in [3.8, 4) is 0 Å². The second kappa shape index (κ2) is 5.22. The first-order chi connectivity index (χ1) is 7.49. The Kier molecular flexibility index (Phi) is 4.42. The van der Waals surface area contributed by atoms with E-state index in [2.05, 4.69) is 41.5 Å². The summed E-state index contributed by atoms with van der Waals surface area (Å²) in [6.45, 7) is 13.5. The first-order valence-corrected chi connectivity index (χ1v) is 9.08. The summed E-state index contributed by atoms with van der Waals surface area (Å²) in [6, 6.07) is 3.69. The van der Waals surface area contributed by atoms with Crippen LogP contribution in [0.25, 0.3) is 0 Å². The molecule has 1 rings (SSSR count). The van der Waals surface area contributed by atoms with E-state index < -0.39 is 8.32 Å². The molecule has 0 spiro atoms. The van der Waals surface area contributed by atoms with Gasteiger partial charge in [0.05, 0.1) is 5.76 Å². The molecule has 0 heterocycles. The van der Waals surface area contributed by atoms with Crippen LogP contribution in [-0.4, -0.2) is 8.32 Å². The first-order valence-electron chi connectivity index (χ1n) is 6.55. The molecule has 16 heavy (non-hydrogen) atoms. The van der Waals surface area contributed by atoms with Crippen LogP contribution in [0.5, 0.6) is 0 Å². The molecule has 2 heteroatoms. The summed E-state index contributed by atoms with van der Waals surface area (Å²) in [4.78, 5) is 0. The predicted molar refractivity (Wildman–Crippen MR) is 74.0 cm³/mol. The minimum Gasteiger partial charge on any atom is -0.546 e. The Bertz CT molecular complexity index is 313. The molecule has 0 saturated carbocycles. The number of hydrogen-bond acceptors (Lipinski definition) is 1. The van der Waals surface area contributed by atoms with Crippen molar-refractivity contribution in [2.75, 3.05) is 0 Å². The second-order valence-corrected chi connectivity index (χ2v) is 9.67. The van der Waals surface area contributed by atoms with E-state index >= 15 is 0 Å². The molecular weight excluding hydrogens is 212 g/mol. The van der Waals surface area contributed by atoms with Gasteiger partial charge in [-0.2, -0.15) is 0 Å². The molecule has 0 aromatic carbocycles. The fourth-order valence-corrected chi connectivity index (χ4v) is 5.06. The van der Waals surface area contributed by atoms with Gasteiger partial charge in [0, 0.05) is 6.42 Å². The molecule has 1 aliphatic rings. The van der Waals surface area contributed by atoms with Crippen LogP contribution in [0.2, 0.25) is 18.1 Å². The van der Waals surface area contributed by atoms with Crippen molar-refractivity contribution in [3.05, 3.63) is 22.5 Å². The molecule has 1 nitrogen and oxygen atoms in total. The normalized spacial score (nSPS) is 17.4. The molecule has 92 valence electrons. The van der Waals surface area contributed by atoms with Crippen molar-refractivity contribution in [1.82, 2.24) is 0 Å². The number of rotatable bonds is 5. The molecule has 0 saturated heterocycles. The van der Waals surface area contributed by atoms with Crippen molar-refractivity contribution in [1.29, 1.82) is 0 Å². The maximum Gasteiger partial charge on any atom is 0.250 e. The van der Waals surface area contributed by atoms with E-state index in [1.807, 2.05) is 0 Å². The standard InChI is InChI=1S/C14H26OSi/c1-7-16(8-2,9-3)15-14-10-11(4)12(5)13(14)6/h7-10H2,1-6H3. The molecule has 0 aromatic rings. The van der Waals surface area contributed by atoms with Crippen LogP contribution >= 0.6 is 0 Å². The molecule has 0 amide bonds. The number of hydrogen-bond donors (Lipinski definition) is 0. The Morgan fingerprint density at radius 2 is 1.44 bits per heavy atom. The van der Waals surface area contributed by atoms with Gasteiger partial charge in [0.2, 0.25) is 8.32 Å². The average Bonchev–Trinajstić information content (AvgIpc) is 2.54. The van der Waals surface area contributed by atoms with Crippen LogP contribution in [0.15, 0.2) is 22.5 Å². The molecule has 0 aromatic heterocycles. The van der Waals surface area contributed by atoms with Gasteiger partial charge in [-0.25, -0.2) is 0 Å². The molecule has 0 fully saturated rings. The molecule has 0 aliphatic heterocycles. The summed E-state index contributed by atoms with van der Waals surface area (Å²) in [5.41, 5.74) is 4.32. The van der Waals surface area contributed by atoms with Crippen LogP contribution < -0.4 is 0 Å². The summed E-state index contributed by atoms with van der Waals surface area (Å²) in [6.07, 6.45) is 1.05. The Balaban J connectivity index is 2.84. The molecule has 0 bridgehead atoms. The average molecular weight is 238 g/mol. The minimum atomic E-state index is -1.47. The topological polar surface area (TPSA) is 9.23 Å². The van der Waals surface area contributed by atoms with Crippen molar-refractivity contribution in [2.24, 2.45) is 0 Å². The zero-order chi connectivity index (χ0) is 12.3. The maximum absolute atomic E-state index is 6.48. The Hall–Kier alpha value is -0.503. The van der Waals surface area contributed by atoms with Crippen molar-refractivity contribution in [3.63, 3.8) is 0 Å². The largest absolute Gasteiger partial charge is 0.546 e. The Morgan fingerprint density at radius 1 is 0.938 bits per heavy atom. The lowest BCUT2D eigenvalue weighted by Crippen LogP contribution is -2.35. The predicted octanol–water partition coefficient (Wildman–Crippen LogP) is 5.02. The summed E-state index contributed by atoms with van der Waals surface area (Å²) < 4.78 is 6.48. The van der Waals surface area contributed by atoms with Gasteiger partial charge in [0.1, 0.15) is 0 Å². The molecule has 1 aliphatic carbocycles. The highest BCUT2D eigenvalue weighted by atomic mass is 28.4. The molecular formula is C14H26OSi. The third kappa shape index (κ3) is 2.42. The van der Waals surface area contributed by atoms with Crippen LogP contribution in [0.1, 0.15) is 48.0 Å². The maximum atomic E-state index is 6.48. The summed E-state index contributed by atoms with van der Waals surface area (Å²) in [7, 11) is -1.47. The molecule has 0 unspecified atom stereocenters. The van der Waals surface area contributed by atoms with Crippen LogP contribution in [0, 0.1) is 0 Å². The van der Waals surface area contributed by atoms with Gasteiger partial charge in [-0.3, -0.25) is 0 Å². The van der Waals surface area contributed by atoms with E-state index in [1.54, 1.807) is 0 Å². The van der Waals surface area contributed by atoms with E-state index in [4.69, 9.17) is 4.43 Å². The third-order valence-corrected chi connectivity index (χ3v) is 8.86.